The van der Waals surface area contributed by atoms with E-state index in [1.54, 1.807) is 0 Å². The SMILES string of the molecule is CC1(CCc2ccccc2)OC(=O)C12CC2. The standard InChI is InChI=1S/C14H16O2/c1-13(14(9-10-14)12(15)16-13)8-7-11-5-3-2-4-6-11/h2-6H,7-10H2,1H3. The fourth-order valence-corrected chi connectivity index (χ4v) is 2.75. The van der Waals surface area contributed by atoms with Gasteiger partial charge in [-0.3, -0.25) is 4.79 Å². The maximum Gasteiger partial charge on any atom is 0.316 e. The number of rotatable bonds is 3. The molecular weight excluding hydrogens is 200 g/mol. The molecule has 1 saturated heterocycles. The molecule has 2 heteroatoms. The largest absolute Gasteiger partial charge is 0.458 e. The van der Waals surface area contributed by atoms with E-state index in [1.165, 1.54) is 5.56 Å². The van der Waals surface area contributed by atoms with E-state index in [0.29, 0.717) is 0 Å². The number of hydrogen-bond acceptors (Lipinski definition) is 2. The summed E-state index contributed by atoms with van der Waals surface area (Å²) in [6.07, 6.45) is 3.99. The summed E-state index contributed by atoms with van der Waals surface area (Å²) in [5.74, 6) is 0.0306. The van der Waals surface area contributed by atoms with Crippen LogP contribution in [0.5, 0.6) is 0 Å². The second-order valence-electron chi connectivity index (χ2n) is 5.19. The van der Waals surface area contributed by atoms with Crippen LogP contribution in [0.1, 0.15) is 31.7 Å². The van der Waals surface area contributed by atoms with Gasteiger partial charge in [0, 0.05) is 0 Å². The molecule has 2 fully saturated rings. The number of carbonyl (C=O) groups is 1. The molecule has 1 spiro atoms. The molecule has 3 rings (SSSR count). The average Bonchev–Trinajstić information content (AvgIpc) is 3.10. The number of cyclic esters (lactones) is 1. The van der Waals surface area contributed by atoms with Crippen LogP contribution in [-0.2, 0) is 16.0 Å². The van der Waals surface area contributed by atoms with E-state index >= 15 is 0 Å². The van der Waals surface area contributed by atoms with Gasteiger partial charge in [-0.1, -0.05) is 30.3 Å². The zero-order valence-corrected chi connectivity index (χ0v) is 9.53. The molecule has 1 aliphatic heterocycles. The maximum absolute atomic E-state index is 11.4. The summed E-state index contributed by atoms with van der Waals surface area (Å²) in [5.41, 5.74) is 1.03. The summed E-state index contributed by atoms with van der Waals surface area (Å²) >= 11 is 0. The van der Waals surface area contributed by atoms with Crippen molar-refractivity contribution in [3.63, 3.8) is 0 Å². The third kappa shape index (κ3) is 1.22. The minimum atomic E-state index is -0.195. The van der Waals surface area contributed by atoms with Crippen molar-refractivity contribution in [1.29, 1.82) is 0 Å². The molecule has 1 unspecified atom stereocenters. The molecule has 1 aromatic carbocycles. The minimum absolute atomic E-state index is 0.0306. The normalized spacial score (nSPS) is 29.7. The van der Waals surface area contributed by atoms with Crippen molar-refractivity contribution in [2.24, 2.45) is 5.41 Å². The van der Waals surface area contributed by atoms with Crippen LogP contribution in [0.3, 0.4) is 0 Å². The lowest BCUT2D eigenvalue weighted by atomic mass is 9.76. The monoisotopic (exact) mass is 216 g/mol. The molecule has 16 heavy (non-hydrogen) atoms. The van der Waals surface area contributed by atoms with Crippen molar-refractivity contribution in [1.82, 2.24) is 0 Å². The number of carbonyl (C=O) groups excluding carboxylic acids is 1. The summed E-state index contributed by atoms with van der Waals surface area (Å²) in [7, 11) is 0. The molecule has 84 valence electrons. The van der Waals surface area contributed by atoms with E-state index in [2.05, 4.69) is 31.2 Å². The average molecular weight is 216 g/mol. The van der Waals surface area contributed by atoms with Crippen LogP contribution in [0.25, 0.3) is 0 Å². The lowest BCUT2D eigenvalue weighted by Gasteiger charge is -2.46. The predicted octanol–water partition coefficient (Wildman–Crippen LogP) is 2.71. The fraction of sp³-hybridized carbons (Fsp3) is 0.500. The van der Waals surface area contributed by atoms with Gasteiger partial charge in [0.2, 0.25) is 0 Å². The molecule has 0 bridgehead atoms. The Morgan fingerprint density at radius 3 is 2.50 bits per heavy atom. The third-order valence-corrected chi connectivity index (χ3v) is 4.20. The van der Waals surface area contributed by atoms with Crippen LogP contribution in [0, 0.1) is 5.41 Å². The van der Waals surface area contributed by atoms with Crippen molar-refractivity contribution in [3.8, 4) is 0 Å². The number of esters is 1. The summed E-state index contributed by atoms with van der Waals surface area (Å²) < 4.78 is 5.39. The summed E-state index contributed by atoms with van der Waals surface area (Å²) in [6.45, 7) is 2.09. The van der Waals surface area contributed by atoms with E-state index in [-0.39, 0.29) is 17.0 Å². The zero-order valence-electron chi connectivity index (χ0n) is 9.53. The second kappa shape index (κ2) is 3.09. The number of hydrogen-bond donors (Lipinski definition) is 0. The Hall–Kier alpha value is -1.31. The number of aryl methyl sites for hydroxylation is 1. The first kappa shape index (κ1) is 9.88. The predicted molar refractivity (Wildman–Crippen MR) is 60.9 cm³/mol. The van der Waals surface area contributed by atoms with E-state index in [9.17, 15) is 4.79 Å². The van der Waals surface area contributed by atoms with E-state index < -0.39 is 0 Å². The zero-order chi connectivity index (χ0) is 11.2. The van der Waals surface area contributed by atoms with Crippen LogP contribution in [-0.4, -0.2) is 11.6 Å². The third-order valence-electron chi connectivity index (χ3n) is 4.20. The molecule has 2 nitrogen and oxygen atoms in total. The van der Waals surface area contributed by atoms with Crippen LogP contribution >= 0.6 is 0 Å². The second-order valence-corrected chi connectivity index (χ2v) is 5.19. The highest BCUT2D eigenvalue weighted by Gasteiger charge is 2.72. The van der Waals surface area contributed by atoms with Crippen molar-refractivity contribution in [2.75, 3.05) is 0 Å². The van der Waals surface area contributed by atoms with E-state index in [0.717, 1.165) is 25.7 Å². The van der Waals surface area contributed by atoms with Gasteiger partial charge >= 0.3 is 5.97 Å². The van der Waals surface area contributed by atoms with Crippen molar-refractivity contribution in [3.05, 3.63) is 35.9 Å². The Kier molecular flexibility index (Phi) is 1.91. The first-order valence-electron chi connectivity index (χ1n) is 5.94. The molecule has 2 aliphatic rings. The van der Waals surface area contributed by atoms with Gasteiger partial charge in [0.1, 0.15) is 11.0 Å². The highest BCUT2D eigenvalue weighted by atomic mass is 16.6. The molecule has 1 atom stereocenters. The van der Waals surface area contributed by atoms with Crippen molar-refractivity contribution in [2.45, 2.75) is 38.2 Å². The van der Waals surface area contributed by atoms with Gasteiger partial charge in [0.05, 0.1) is 0 Å². The molecular formula is C14H16O2. The summed E-state index contributed by atoms with van der Waals surface area (Å²) in [5, 5.41) is 0. The number of benzene rings is 1. The van der Waals surface area contributed by atoms with Gasteiger partial charge in [-0.05, 0) is 38.2 Å². The van der Waals surface area contributed by atoms with Crippen LogP contribution in [0.2, 0.25) is 0 Å². The van der Waals surface area contributed by atoms with E-state index in [4.69, 9.17) is 4.74 Å². The topological polar surface area (TPSA) is 26.3 Å². The van der Waals surface area contributed by atoms with Crippen molar-refractivity contribution >= 4 is 5.97 Å². The van der Waals surface area contributed by atoms with Crippen LogP contribution in [0.4, 0.5) is 0 Å². The van der Waals surface area contributed by atoms with Gasteiger partial charge < -0.3 is 4.74 Å². The molecule has 0 aromatic heterocycles. The summed E-state index contributed by atoms with van der Waals surface area (Å²) in [4.78, 5) is 11.4. The van der Waals surface area contributed by atoms with Gasteiger partial charge in [0.25, 0.3) is 0 Å². The fourth-order valence-electron chi connectivity index (χ4n) is 2.75. The molecule has 0 amide bonds. The lowest BCUT2D eigenvalue weighted by molar-refractivity contribution is -0.217. The highest BCUT2D eigenvalue weighted by Crippen LogP contribution is 2.64. The molecule has 1 aliphatic carbocycles. The van der Waals surface area contributed by atoms with Gasteiger partial charge in [0.15, 0.2) is 0 Å². The maximum atomic E-state index is 11.4. The number of ether oxygens (including phenoxy) is 1. The molecule has 0 radical (unpaired) electrons. The first-order chi connectivity index (χ1) is 7.66. The van der Waals surface area contributed by atoms with Crippen LogP contribution in [0.15, 0.2) is 30.3 Å². The minimum Gasteiger partial charge on any atom is -0.458 e. The van der Waals surface area contributed by atoms with E-state index in [1.807, 2.05) is 6.07 Å². The first-order valence-corrected chi connectivity index (χ1v) is 5.94. The van der Waals surface area contributed by atoms with Gasteiger partial charge in [-0.25, -0.2) is 0 Å². The molecule has 1 aromatic rings. The van der Waals surface area contributed by atoms with Gasteiger partial charge in [-0.2, -0.15) is 0 Å². The lowest BCUT2D eigenvalue weighted by Crippen LogP contribution is -2.57. The van der Waals surface area contributed by atoms with Crippen LogP contribution < -0.4 is 0 Å². The Morgan fingerprint density at radius 1 is 1.25 bits per heavy atom. The smallest absolute Gasteiger partial charge is 0.316 e. The Labute approximate surface area is 95.6 Å². The molecule has 1 heterocycles. The quantitative estimate of drug-likeness (QED) is 0.726. The molecule has 0 N–H and O–H groups in total. The molecule has 1 saturated carbocycles. The Morgan fingerprint density at radius 2 is 1.94 bits per heavy atom. The summed E-state index contributed by atoms with van der Waals surface area (Å²) in [6, 6.07) is 10.4. The highest BCUT2D eigenvalue weighted by molar-refractivity contribution is 5.87. The Bertz CT molecular complexity index is 420. The van der Waals surface area contributed by atoms with Gasteiger partial charge in [-0.15, -0.1) is 0 Å². The van der Waals surface area contributed by atoms with Crippen molar-refractivity contribution < 1.29 is 9.53 Å². The Balaban J connectivity index is 1.66.